The molecule has 3 rings (SSSR count). The molecule has 4 heteroatoms. The van der Waals surface area contributed by atoms with Crippen LogP contribution in [0.15, 0.2) is 30.5 Å². The van der Waals surface area contributed by atoms with Crippen LogP contribution in [0.2, 0.25) is 0 Å². The molecule has 1 fully saturated rings. The molecule has 1 aliphatic rings. The van der Waals surface area contributed by atoms with E-state index in [1.165, 1.54) is 0 Å². The molecule has 1 unspecified atom stereocenters. The SMILES string of the molecule is O=C1CC(c2c[nH]c3ccccc23)C(=O)O1. The van der Waals surface area contributed by atoms with E-state index in [1.807, 2.05) is 24.3 Å². The maximum atomic E-state index is 11.5. The Morgan fingerprint density at radius 2 is 2.06 bits per heavy atom. The Balaban J connectivity index is 2.13. The van der Waals surface area contributed by atoms with Gasteiger partial charge in [-0.05, 0) is 11.6 Å². The number of esters is 2. The van der Waals surface area contributed by atoms with Gasteiger partial charge < -0.3 is 9.72 Å². The topological polar surface area (TPSA) is 59.2 Å². The summed E-state index contributed by atoms with van der Waals surface area (Å²) in [6.45, 7) is 0. The zero-order valence-corrected chi connectivity index (χ0v) is 8.40. The number of para-hydroxylation sites is 1. The first-order chi connectivity index (χ1) is 7.75. The van der Waals surface area contributed by atoms with Crippen LogP contribution in [0.5, 0.6) is 0 Å². The summed E-state index contributed by atoms with van der Waals surface area (Å²) in [7, 11) is 0. The van der Waals surface area contributed by atoms with E-state index in [4.69, 9.17) is 0 Å². The Kier molecular flexibility index (Phi) is 1.83. The van der Waals surface area contributed by atoms with E-state index in [1.54, 1.807) is 6.20 Å². The predicted molar refractivity (Wildman–Crippen MR) is 56.8 cm³/mol. The number of aromatic nitrogens is 1. The van der Waals surface area contributed by atoms with Gasteiger partial charge in [-0.2, -0.15) is 0 Å². The molecule has 16 heavy (non-hydrogen) atoms. The lowest BCUT2D eigenvalue weighted by atomic mass is 9.97. The number of hydrogen-bond acceptors (Lipinski definition) is 3. The lowest BCUT2D eigenvalue weighted by Crippen LogP contribution is -2.04. The van der Waals surface area contributed by atoms with E-state index >= 15 is 0 Å². The maximum absolute atomic E-state index is 11.5. The fraction of sp³-hybridized carbons (Fsp3) is 0.167. The minimum atomic E-state index is -0.455. The van der Waals surface area contributed by atoms with Gasteiger partial charge in [0, 0.05) is 17.1 Å². The second-order valence-electron chi connectivity index (χ2n) is 3.84. The molecule has 2 aromatic rings. The van der Waals surface area contributed by atoms with Gasteiger partial charge >= 0.3 is 11.9 Å². The summed E-state index contributed by atoms with van der Waals surface area (Å²) in [5.74, 6) is -1.35. The lowest BCUT2D eigenvalue weighted by Gasteiger charge is -2.01. The van der Waals surface area contributed by atoms with Crippen molar-refractivity contribution in [2.24, 2.45) is 0 Å². The largest absolute Gasteiger partial charge is 0.393 e. The highest BCUT2D eigenvalue weighted by atomic mass is 16.6. The van der Waals surface area contributed by atoms with Crippen LogP contribution < -0.4 is 0 Å². The first kappa shape index (κ1) is 9.15. The van der Waals surface area contributed by atoms with Crippen molar-refractivity contribution in [3.8, 4) is 0 Å². The normalized spacial score (nSPS) is 20.4. The van der Waals surface area contributed by atoms with E-state index in [9.17, 15) is 9.59 Å². The summed E-state index contributed by atoms with van der Waals surface area (Å²) in [5.41, 5.74) is 1.80. The average molecular weight is 215 g/mol. The second kappa shape index (κ2) is 3.20. The van der Waals surface area contributed by atoms with Crippen molar-refractivity contribution >= 4 is 22.8 Å². The number of ether oxygens (including phenoxy) is 1. The molecule has 2 heterocycles. The lowest BCUT2D eigenvalue weighted by molar-refractivity contribution is -0.152. The number of fused-ring (bicyclic) bond motifs is 1. The first-order valence-electron chi connectivity index (χ1n) is 5.06. The summed E-state index contributed by atoms with van der Waals surface area (Å²) in [4.78, 5) is 25.6. The number of cyclic esters (lactones) is 2. The fourth-order valence-electron chi connectivity index (χ4n) is 2.09. The molecule has 1 N–H and O–H groups in total. The van der Waals surface area contributed by atoms with Gasteiger partial charge in [-0.1, -0.05) is 18.2 Å². The van der Waals surface area contributed by atoms with Crippen molar-refractivity contribution in [3.63, 3.8) is 0 Å². The molecule has 0 saturated carbocycles. The van der Waals surface area contributed by atoms with Crippen LogP contribution in [0.4, 0.5) is 0 Å². The molecule has 1 atom stereocenters. The summed E-state index contributed by atoms with van der Waals surface area (Å²) in [5, 5.41) is 0.971. The van der Waals surface area contributed by atoms with Gasteiger partial charge in [-0.25, -0.2) is 0 Å². The molecule has 1 aromatic heterocycles. The summed E-state index contributed by atoms with van der Waals surface area (Å²) >= 11 is 0. The molecule has 0 spiro atoms. The van der Waals surface area contributed by atoms with Crippen LogP contribution in [0.1, 0.15) is 17.9 Å². The molecule has 1 aromatic carbocycles. The highest BCUT2D eigenvalue weighted by molar-refractivity contribution is 6.00. The van der Waals surface area contributed by atoms with Crippen LogP contribution in [0, 0.1) is 0 Å². The monoisotopic (exact) mass is 215 g/mol. The number of benzene rings is 1. The number of rotatable bonds is 1. The second-order valence-corrected chi connectivity index (χ2v) is 3.84. The number of carbonyl (C=O) groups is 2. The third-order valence-corrected chi connectivity index (χ3v) is 2.87. The van der Waals surface area contributed by atoms with E-state index in [0.717, 1.165) is 16.5 Å². The Labute approximate surface area is 91.2 Å². The van der Waals surface area contributed by atoms with E-state index in [-0.39, 0.29) is 6.42 Å². The molecular weight excluding hydrogens is 206 g/mol. The smallest absolute Gasteiger partial charge is 0.321 e. The van der Waals surface area contributed by atoms with Crippen molar-refractivity contribution in [2.45, 2.75) is 12.3 Å². The van der Waals surface area contributed by atoms with Gasteiger partial charge in [0.15, 0.2) is 0 Å². The molecule has 0 aliphatic carbocycles. The van der Waals surface area contributed by atoms with Crippen molar-refractivity contribution in [3.05, 3.63) is 36.0 Å². The quantitative estimate of drug-likeness (QED) is 0.582. The van der Waals surface area contributed by atoms with E-state index < -0.39 is 17.9 Å². The van der Waals surface area contributed by atoms with Crippen molar-refractivity contribution in [1.29, 1.82) is 0 Å². The van der Waals surface area contributed by atoms with Gasteiger partial charge in [0.05, 0.1) is 12.3 Å². The molecule has 4 nitrogen and oxygen atoms in total. The van der Waals surface area contributed by atoms with Crippen LogP contribution in [0.25, 0.3) is 10.9 Å². The number of carbonyl (C=O) groups excluding carboxylic acids is 2. The average Bonchev–Trinajstić information content (AvgIpc) is 2.81. The summed E-state index contributed by atoms with van der Waals surface area (Å²) in [6.07, 6.45) is 1.91. The van der Waals surface area contributed by atoms with Crippen LogP contribution in [0.3, 0.4) is 0 Å². The molecule has 80 valence electrons. The molecule has 0 amide bonds. The highest BCUT2D eigenvalue weighted by Gasteiger charge is 2.35. The van der Waals surface area contributed by atoms with Crippen LogP contribution in [-0.2, 0) is 14.3 Å². The third-order valence-electron chi connectivity index (χ3n) is 2.87. The fourth-order valence-corrected chi connectivity index (χ4v) is 2.09. The Morgan fingerprint density at radius 1 is 1.25 bits per heavy atom. The van der Waals surface area contributed by atoms with Crippen molar-refractivity contribution in [2.75, 3.05) is 0 Å². The van der Waals surface area contributed by atoms with Crippen molar-refractivity contribution in [1.82, 2.24) is 4.98 Å². The van der Waals surface area contributed by atoms with Gasteiger partial charge in [0.25, 0.3) is 0 Å². The minimum Gasteiger partial charge on any atom is -0.393 e. The molecular formula is C12H9NO3. The van der Waals surface area contributed by atoms with Gasteiger partial charge in [0.2, 0.25) is 0 Å². The predicted octanol–water partition coefficient (Wildman–Crippen LogP) is 1.72. The van der Waals surface area contributed by atoms with Gasteiger partial charge in [0.1, 0.15) is 0 Å². The van der Waals surface area contributed by atoms with Crippen LogP contribution >= 0.6 is 0 Å². The zero-order valence-electron chi connectivity index (χ0n) is 8.40. The Morgan fingerprint density at radius 3 is 2.81 bits per heavy atom. The van der Waals surface area contributed by atoms with E-state index in [0.29, 0.717) is 0 Å². The number of hydrogen-bond donors (Lipinski definition) is 1. The first-order valence-corrected chi connectivity index (χ1v) is 5.06. The minimum absolute atomic E-state index is 0.140. The zero-order chi connectivity index (χ0) is 11.1. The molecule has 1 aliphatic heterocycles. The van der Waals surface area contributed by atoms with Crippen LogP contribution in [-0.4, -0.2) is 16.9 Å². The third kappa shape index (κ3) is 1.23. The summed E-state index contributed by atoms with van der Waals surface area (Å²) < 4.78 is 4.55. The molecule has 0 radical (unpaired) electrons. The molecule has 0 bridgehead atoms. The molecule has 1 saturated heterocycles. The van der Waals surface area contributed by atoms with Gasteiger partial charge in [-0.15, -0.1) is 0 Å². The van der Waals surface area contributed by atoms with Crippen molar-refractivity contribution < 1.29 is 14.3 Å². The Bertz CT molecular complexity index is 585. The number of H-pyrrole nitrogens is 1. The van der Waals surface area contributed by atoms with E-state index in [2.05, 4.69) is 9.72 Å². The number of aromatic amines is 1. The number of nitrogens with one attached hydrogen (secondary N) is 1. The maximum Gasteiger partial charge on any atom is 0.321 e. The Hall–Kier alpha value is -2.10. The highest BCUT2D eigenvalue weighted by Crippen LogP contribution is 2.32. The standard InChI is InChI=1S/C12H9NO3/c14-11-5-8(12(15)16-11)9-6-13-10-4-2-1-3-7(9)10/h1-4,6,8,13H,5H2. The summed E-state index contributed by atoms with van der Waals surface area (Å²) in [6, 6.07) is 7.68. The van der Waals surface area contributed by atoms with Gasteiger partial charge in [-0.3, -0.25) is 9.59 Å².